The summed E-state index contributed by atoms with van der Waals surface area (Å²) in [4.78, 5) is 0. The van der Waals surface area contributed by atoms with Gasteiger partial charge in [0.25, 0.3) is 32.1 Å². The molecule has 0 aromatic rings. The van der Waals surface area contributed by atoms with Gasteiger partial charge < -0.3 is 10.2 Å². The van der Waals surface area contributed by atoms with Crippen LogP contribution in [0.25, 0.3) is 0 Å². The molecule has 22 heavy (non-hydrogen) atoms. The van der Waals surface area contributed by atoms with Crippen LogP contribution >= 0.6 is 0 Å². The topological polar surface area (TPSA) is 127 Å². The molecule has 0 heterocycles. The molecule has 0 bridgehead atoms. The van der Waals surface area contributed by atoms with Crippen molar-refractivity contribution in [2.75, 3.05) is 38.9 Å². The lowest BCUT2D eigenvalue weighted by molar-refractivity contribution is -0.0870. The van der Waals surface area contributed by atoms with Gasteiger partial charge in [-0.1, -0.05) is 0 Å². The van der Waals surface area contributed by atoms with Crippen molar-refractivity contribution in [3.63, 3.8) is 0 Å². The number of halogens is 4. The van der Waals surface area contributed by atoms with Crippen LogP contribution < -0.4 is 0 Å². The first kappa shape index (κ1) is 23.7. The van der Waals surface area contributed by atoms with Gasteiger partial charge in [-0.15, -0.1) is 0 Å². The number of aliphatic hydroxyl groups is 2. The van der Waals surface area contributed by atoms with Crippen molar-refractivity contribution < 1.29 is 53.0 Å². The number of hydrogen-bond donors (Lipinski definition) is 2. The van der Waals surface area contributed by atoms with Crippen molar-refractivity contribution >= 4 is 20.2 Å². The number of aliphatic hydroxyl groups excluding tert-OH is 2. The van der Waals surface area contributed by atoms with E-state index in [0.29, 0.717) is 12.5 Å². The van der Waals surface area contributed by atoms with E-state index in [2.05, 4.69) is 8.37 Å². The van der Waals surface area contributed by atoms with Crippen LogP contribution in [0.2, 0.25) is 0 Å². The average molecular weight is 380 g/mol. The zero-order valence-electron chi connectivity index (χ0n) is 11.5. The summed E-state index contributed by atoms with van der Waals surface area (Å²) in [5.74, 6) is -6.99. The quantitative estimate of drug-likeness (QED) is 0.413. The van der Waals surface area contributed by atoms with Crippen LogP contribution in [0.3, 0.4) is 0 Å². The summed E-state index contributed by atoms with van der Waals surface area (Å²) in [6.07, 6.45) is 1.20. The van der Waals surface area contributed by atoms with Crippen LogP contribution in [0.15, 0.2) is 0 Å². The maximum absolute atomic E-state index is 12.7. The minimum absolute atomic E-state index is 0.598. The fraction of sp³-hybridized carbons (Fsp3) is 1.00. The Morgan fingerprint density at radius 3 is 1.18 bits per heavy atom. The third-order valence-electron chi connectivity index (χ3n) is 1.43. The lowest BCUT2D eigenvalue weighted by Gasteiger charge is -2.14. The first-order valence-electron chi connectivity index (χ1n) is 5.20. The van der Waals surface area contributed by atoms with Crippen molar-refractivity contribution in [1.82, 2.24) is 0 Å². The minimum atomic E-state index is -4.00. The fourth-order valence-corrected chi connectivity index (χ4v) is 1.25. The van der Waals surface area contributed by atoms with Crippen molar-refractivity contribution in [3.05, 3.63) is 0 Å². The standard InChI is InChI=1S/C5H10F2O6S2.C3H6F2O2/c1-14(8,9)12-3-5(6,7)4-13-15(2,10)11;4-3(5,1-6)2-7/h3-4H2,1-2H3;6-7H,1-2H2. The van der Waals surface area contributed by atoms with Gasteiger partial charge in [0.15, 0.2) is 0 Å². The number of hydrogen-bond acceptors (Lipinski definition) is 8. The normalized spacial score (nSPS) is 13.5. The second kappa shape index (κ2) is 8.93. The van der Waals surface area contributed by atoms with Gasteiger partial charge >= 0.3 is 0 Å². The summed E-state index contributed by atoms with van der Waals surface area (Å²) in [5.41, 5.74) is 0. The molecule has 0 amide bonds. The van der Waals surface area contributed by atoms with Gasteiger partial charge in [-0.2, -0.15) is 16.8 Å². The van der Waals surface area contributed by atoms with Gasteiger partial charge in [-0.25, -0.2) is 17.6 Å². The molecule has 0 aromatic heterocycles. The predicted molar refractivity (Wildman–Crippen MR) is 65.7 cm³/mol. The lowest BCUT2D eigenvalue weighted by atomic mass is 10.4. The monoisotopic (exact) mass is 380 g/mol. The van der Waals surface area contributed by atoms with Crippen molar-refractivity contribution in [1.29, 1.82) is 0 Å². The van der Waals surface area contributed by atoms with E-state index in [-0.39, 0.29) is 0 Å². The molecule has 0 spiro atoms. The number of alkyl halides is 4. The zero-order valence-corrected chi connectivity index (χ0v) is 13.1. The highest BCUT2D eigenvalue weighted by Crippen LogP contribution is 2.16. The van der Waals surface area contributed by atoms with E-state index in [1.807, 2.05) is 0 Å². The molecule has 0 atom stereocenters. The van der Waals surface area contributed by atoms with Gasteiger partial charge in [0.1, 0.15) is 26.4 Å². The summed E-state index contributed by atoms with van der Waals surface area (Å²) in [7, 11) is -7.99. The average Bonchev–Trinajstić information content (AvgIpc) is 2.34. The van der Waals surface area contributed by atoms with E-state index in [9.17, 15) is 34.4 Å². The molecule has 0 aromatic carbocycles. The summed E-state index contributed by atoms with van der Waals surface area (Å²) < 4.78 is 97.2. The van der Waals surface area contributed by atoms with Crippen LogP contribution in [-0.4, -0.2) is 77.8 Å². The summed E-state index contributed by atoms with van der Waals surface area (Å²) in [6, 6.07) is 0. The lowest BCUT2D eigenvalue weighted by Crippen LogP contribution is -2.32. The van der Waals surface area contributed by atoms with E-state index in [4.69, 9.17) is 10.2 Å². The van der Waals surface area contributed by atoms with Crippen LogP contribution in [-0.2, 0) is 28.6 Å². The van der Waals surface area contributed by atoms with Crippen molar-refractivity contribution in [2.24, 2.45) is 0 Å². The fourth-order valence-electron chi connectivity index (χ4n) is 0.478. The van der Waals surface area contributed by atoms with Crippen LogP contribution in [0.1, 0.15) is 0 Å². The highest BCUT2D eigenvalue weighted by molar-refractivity contribution is 7.86. The largest absolute Gasteiger partial charge is 0.390 e. The molecule has 0 unspecified atom stereocenters. The highest BCUT2D eigenvalue weighted by Gasteiger charge is 2.33. The Balaban J connectivity index is 0. The number of rotatable bonds is 8. The van der Waals surface area contributed by atoms with E-state index in [1.54, 1.807) is 0 Å². The highest BCUT2D eigenvalue weighted by atomic mass is 32.2. The Bertz CT molecular complexity index is 472. The van der Waals surface area contributed by atoms with Crippen LogP contribution in [0.5, 0.6) is 0 Å². The molecule has 136 valence electrons. The molecule has 0 radical (unpaired) electrons. The maximum atomic E-state index is 12.7. The Labute approximate surface area is 124 Å². The zero-order chi connectivity index (χ0) is 18.2. The van der Waals surface area contributed by atoms with Crippen molar-refractivity contribution in [2.45, 2.75) is 11.8 Å². The van der Waals surface area contributed by atoms with Crippen LogP contribution in [0, 0.1) is 0 Å². The molecule has 0 aliphatic rings. The minimum Gasteiger partial charge on any atom is -0.390 e. The first-order valence-corrected chi connectivity index (χ1v) is 8.83. The second-order valence-corrected chi connectivity index (χ2v) is 7.25. The molecule has 8 nitrogen and oxygen atoms in total. The molecule has 0 aliphatic carbocycles. The molecule has 0 saturated heterocycles. The molecule has 0 fully saturated rings. The Kier molecular flexibility index (Phi) is 9.63. The van der Waals surface area contributed by atoms with E-state index in [1.165, 1.54) is 0 Å². The van der Waals surface area contributed by atoms with Crippen molar-refractivity contribution in [3.8, 4) is 0 Å². The smallest absolute Gasteiger partial charge is 0.296 e. The first-order chi connectivity index (χ1) is 9.54. The third-order valence-corrected chi connectivity index (χ3v) is 2.52. The summed E-state index contributed by atoms with van der Waals surface area (Å²) >= 11 is 0. The molecule has 2 N–H and O–H groups in total. The third kappa shape index (κ3) is 17.5. The molecule has 14 heteroatoms. The maximum Gasteiger partial charge on any atom is 0.296 e. The molecule has 0 aliphatic heterocycles. The van der Waals surface area contributed by atoms with Gasteiger partial charge in [0.2, 0.25) is 0 Å². The van der Waals surface area contributed by atoms with E-state index in [0.717, 1.165) is 0 Å². The van der Waals surface area contributed by atoms with Gasteiger partial charge in [0, 0.05) is 0 Å². The van der Waals surface area contributed by atoms with Gasteiger partial charge in [0.05, 0.1) is 12.5 Å². The molecule has 0 rings (SSSR count). The van der Waals surface area contributed by atoms with Crippen LogP contribution in [0.4, 0.5) is 17.6 Å². The Hall–Kier alpha value is -0.540. The van der Waals surface area contributed by atoms with E-state index >= 15 is 0 Å². The Morgan fingerprint density at radius 1 is 0.773 bits per heavy atom. The molecular weight excluding hydrogens is 364 g/mol. The second-order valence-electron chi connectivity index (χ2n) is 3.96. The molecule has 0 saturated carbocycles. The van der Waals surface area contributed by atoms with Gasteiger partial charge in [-0.05, 0) is 0 Å². The Morgan fingerprint density at radius 2 is 1.05 bits per heavy atom. The van der Waals surface area contributed by atoms with Gasteiger partial charge in [-0.3, -0.25) is 8.37 Å². The SMILES string of the molecule is CS(=O)(=O)OCC(F)(F)COS(C)(=O)=O.OCC(F)(F)CO. The summed E-state index contributed by atoms with van der Waals surface area (Å²) in [5, 5.41) is 15.4. The molecular formula is C8H16F4O8S2. The predicted octanol–water partition coefficient (Wildman–Crippen LogP) is -0.820. The van der Waals surface area contributed by atoms with E-state index < -0.39 is 58.5 Å². The summed E-state index contributed by atoms with van der Waals surface area (Å²) in [6.45, 7) is -5.49.